The molecule has 0 unspecified atom stereocenters. The van der Waals surface area contributed by atoms with Crippen LogP contribution in [0.3, 0.4) is 0 Å². The predicted octanol–water partition coefficient (Wildman–Crippen LogP) is 4.88. The molecular weight excluding hydrogens is 597 g/mol. The number of nitrogens with zero attached hydrogens (tertiary/aromatic N) is 4. The van der Waals surface area contributed by atoms with Crippen LogP contribution in [0.1, 0.15) is 28.5 Å². The molecular formula is C31H25F3N4O5S. The number of fused-ring (bicyclic) bond motifs is 2. The summed E-state index contributed by atoms with van der Waals surface area (Å²) in [6.45, 7) is 1.97. The van der Waals surface area contributed by atoms with Crippen LogP contribution in [0.2, 0.25) is 0 Å². The second-order valence-corrected chi connectivity index (χ2v) is 12.0. The summed E-state index contributed by atoms with van der Waals surface area (Å²) in [7, 11) is 0. The lowest BCUT2D eigenvalue weighted by atomic mass is 9.88. The third-order valence-electron chi connectivity index (χ3n) is 7.80. The number of aryl methyl sites for hydroxylation is 1. The molecule has 2 saturated heterocycles. The van der Waals surface area contributed by atoms with Crippen LogP contribution in [0.4, 0.5) is 13.2 Å². The van der Waals surface area contributed by atoms with Crippen LogP contribution in [-0.2, 0) is 25.4 Å². The molecule has 5 aromatic rings. The summed E-state index contributed by atoms with van der Waals surface area (Å²) in [6, 6.07) is 15.4. The standard InChI is InChI=1S/C31H25F3N4O5S/c1-15-35-21-8-7-16(10-25(21)44-15)9-23(39)29-28(40)27(30-24(42-29)14-41-31(43-30)17-5-3-2-4-6-17)38-13-22(36-37-38)18-11-19(32)26(34)20(33)12-18/h2-8,10-13,24,27-31,40H,9,14H2,1H3/t24-,27-,28-,29+,30+,31+/m1/s1. The van der Waals surface area contributed by atoms with Crippen molar-refractivity contribution >= 4 is 27.3 Å². The van der Waals surface area contributed by atoms with Crippen LogP contribution >= 0.6 is 11.3 Å². The van der Waals surface area contributed by atoms with E-state index in [0.29, 0.717) is 0 Å². The molecule has 13 heteroatoms. The Balaban J connectivity index is 1.21. The Morgan fingerprint density at radius 2 is 1.84 bits per heavy atom. The molecule has 7 rings (SSSR count). The monoisotopic (exact) mass is 622 g/mol. The van der Waals surface area contributed by atoms with E-state index < -0.39 is 54.2 Å². The molecule has 1 N–H and O–H groups in total. The minimum absolute atomic E-state index is 0.0101. The van der Waals surface area contributed by atoms with Gasteiger partial charge in [-0.05, 0) is 36.8 Å². The number of aromatic nitrogens is 4. The number of hydrogen-bond donors (Lipinski definition) is 1. The molecule has 9 nitrogen and oxygen atoms in total. The predicted molar refractivity (Wildman–Crippen MR) is 152 cm³/mol. The van der Waals surface area contributed by atoms with E-state index in [1.54, 1.807) is 0 Å². The first-order chi connectivity index (χ1) is 21.2. The number of carbonyl (C=O) groups is 1. The van der Waals surface area contributed by atoms with Gasteiger partial charge in [-0.25, -0.2) is 22.8 Å². The average molecular weight is 623 g/mol. The highest BCUT2D eigenvalue weighted by Crippen LogP contribution is 2.40. The largest absolute Gasteiger partial charge is 0.388 e. The highest BCUT2D eigenvalue weighted by molar-refractivity contribution is 7.18. The number of Topliss-reactive ketones (excluding diaryl/α,β-unsaturated/α-hetero) is 1. The lowest BCUT2D eigenvalue weighted by Crippen LogP contribution is -2.61. The molecule has 2 fully saturated rings. The summed E-state index contributed by atoms with van der Waals surface area (Å²) in [5.74, 6) is -4.72. The number of ketones is 1. The van der Waals surface area contributed by atoms with Gasteiger partial charge in [0.25, 0.3) is 0 Å². The van der Waals surface area contributed by atoms with Gasteiger partial charge in [0.15, 0.2) is 29.5 Å². The molecule has 0 bridgehead atoms. The van der Waals surface area contributed by atoms with E-state index >= 15 is 0 Å². The van der Waals surface area contributed by atoms with Crippen LogP contribution in [0.15, 0.2) is 66.9 Å². The first-order valence-corrected chi connectivity index (χ1v) is 14.7. The smallest absolute Gasteiger partial charge is 0.194 e. The van der Waals surface area contributed by atoms with Gasteiger partial charge in [0.05, 0.1) is 28.0 Å². The topological polar surface area (TPSA) is 109 Å². The SMILES string of the molecule is Cc1nc2ccc(CC(=O)[C@@H]3O[C@@H]4CO[C@H](c5ccccc5)O[C@@H]4[C@H](n4cc(-c5cc(F)c(F)c(F)c5)nn4)[C@H]3O)cc2s1. The highest BCUT2D eigenvalue weighted by Gasteiger charge is 2.52. The summed E-state index contributed by atoms with van der Waals surface area (Å²) < 4.78 is 62.2. The molecule has 0 spiro atoms. The normalized spacial score (nSPS) is 25.2. The lowest BCUT2D eigenvalue weighted by Gasteiger charge is -2.47. The van der Waals surface area contributed by atoms with Crippen molar-refractivity contribution in [3.63, 3.8) is 0 Å². The van der Waals surface area contributed by atoms with Crippen LogP contribution < -0.4 is 0 Å². The maximum Gasteiger partial charge on any atom is 0.194 e. The Labute approximate surface area is 252 Å². The Morgan fingerprint density at radius 3 is 2.61 bits per heavy atom. The molecule has 226 valence electrons. The van der Waals surface area contributed by atoms with Crippen LogP contribution in [0, 0.1) is 24.4 Å². The van der Waals surface area contributed by atoms with Gasteiger partial charge in [0.2, 0.25) is 0 Å². The van der Waals surface area contributed by atoms with Crippen molar-refractivity contribution in [3.8, 4) is 11.3 Å². The number of rotatable bonds is 6. The zero-order valence-corrected chi connectivity index (χ0v) is 24.0. The van der Waals surface area contributed by atoms with Crippen LogP contribution in [-0.4, -0.2) is 61.9 Å². The second kappa shape index (κ2) is 11.5. The highest BCUT2D eigenvalue weighted by atomic mass is 32.1. The molecule has 2 aromatic heterocycles. The Bertz CT molecular complexity index is 1830. The zero-order valence-electron chi connectivity index (χ0n) is 23.1. The maximum atomic E-state index is 14.0. The quantitative estimate of drug-likeness (QED) is 0.267. The Kier molecular flexibility index (Phi) is 7.50. The molecule has 3 aromatic carbocycles. The number of benzene rings is 3. The van der Waals surface area contributed by atoms with Gasteiger partial charge in [-0.3, -0.25) is 4.79 Å². The fourth-order valence-corrected chi connectivity index (χ4v) is 6.61. The molecule has 6 atom stereocenters. The van der Waals surface area contributed by atoms with Crippen molar-refractivity contribution in [2.45, 2.75) is 50.1 Å². The fourth-order valence-electron chi connectivity index (χ4n) is 5.72. The van der Waals surface area contributed by atoms with Crippen molar-refractivity contribution < 1.29 is 37.3 Å². The van der Waals surface area contributed by atoms with E-state index in [1.807, 2.05) is 55.5 Å². The van der Waals surface area contributed by atoms with E-state index in [9.17, 15) is 23.1 Å². The van der Waals surface area contributed by atoms with Crippen molar-refractivity contribution in [1.82, 2.24) is 20.0 Å². The number of hydrogen-bond acceptors (Lipinski definition) is 9. The zero-order chi connectivity index (χ0) is 30.5. The number of carbonyl (C=O) groups excluding carboxylic acids is 1. The third kappa shape index (κ3) is 5.30. The van der Waals surface area contributed by atoms with Gasteiger partial charge in [-0.15, -0.1) is 16.4 Å². The average Bonchev–Trinajstić information content (AvgIpc) is 3.65. The Hall–Kier alpha value is -4.01. The van der Waals surface area contributed by atoms with Crippen LogP contribution in [0.25, 0.3) is 21.5 Å². The summed E-state index contributed by atoms with van der Waals surface area (Å²) in [5, 5.41) is 20.7. The Morgan fingerprint density at radius 1 is 1.07 bits per heavy atom. The van der Waals surface area contributed by atoms with Gasteiger partial charge in [-0.1, -0.05) is 41.6 Å². The van der Waals surface area contributed by atoms with E-state index in [0.717, 1.165) is 38.5 Å². The summed E-state index contributed by atoms with van der Waals surface area (Å²) in [5.41, 5.74) is 2.29. The summed E-state index contributed by atoms with van der Waals surface area (Å²) >= 11 is 1.52. The summed E-state index contributed by atoms with van der Waals surface area (Å²) in [4.78, 5) is 18.1. The van der Waals surface area contributed by atoms with E-state index in [2.05, 4.69) is 15.3 Å². The molecule has 0 radical (unpaired) electrons. The minimum Gasteiger partial charge on any atom is -0.388 e. The van der Waals surface area contributed by atoms with E-state index in [4.69, 9.17) is 14.2 Å². The first kappa shape index (κ1) is 28.7. The van der Waals surface area contributed by atoms with Gasteiger partial charge in [0, 0.05) is 17.5 Å². The van der Waals surface area contributed by atoms with Gasteiger partial charge in [-0.2, -0.15) is 0 Å². The minimum atomic E-state index is -1.60. The van der Waals surface area contributed by atoms with Crippen molar-refractivity contribution in [1.29, 1.82) is 0 Å². The molecule has 44 heavy (non-hydrogen) atoms. The number of aliphatic hydroxyl groups is 1. The molecule has 2 aliphatic heterocycles. The molecule has 0 aliphatic carbocycles. The third-order valence-corrected chi connectivity index (χ3v) is 8.73. The summed E-state index contributed by atoms with van der Waals surface area (Å²) in [6.07, 6.45) is -3.76. The number of ether oxygens (including phenoxy) is 3. The van der Waals surface area contributed by atoms with Gasteiger partial charge >= 0.3 is 0 Å². The van der Waals surface area contributed by atoms with Crippen molar-refractivity contribution in [3.05, 3.63) is 100 Å². The van der Waals surface area contributed by atoms with Gasteiger partial charge in [0.1, 0.15) is 36.2 Å². The molecule has 2 aliphatic rings. The van der Waals surface area contributed by atoms with Crippen molar-refractivity contribution in [2.24, 2.45) is 0 Å². The second-order valence-electron chi connectivity index (χ2n) is 10.8. The van der Waals surface area contributed by atoms with E-state index in [1.165, 1.54) is 22.2 Å². The first-order valence-electron chi connectivity index (χ1n) is 13.9. The fraction of sp³-hybridized carbons (Fsp3) is 0.290. The van der Waals surface area contributed by atoms with Crippen molar-refractivity contribution in [2.75, 3.05) is 6.61 Å². The van der Waals surface area contributed by atoms with Gasteiger partial charge < -0.3 is 19.3 Å². The van der Waals surface area contributed by atoms with E-state index in [-0.39, 0.29) is 30.1 Å². The number of thiazole rings is 1. The molecule has 0 saturated carbocycles. The number of aliphatic hydroxyl groups excluding tert-OH is 1. The lowest BCUT2D eigenvalue weighted by molar-refractivity contribution is -0.312. The van der Waals surface area contributed by atoms with Crippen LogP contribution in [0.5, 0.6) is 0 Å². The number of halogens is 3. The maximum absolute atomic E-state index is 14.0. The molecule has 0 amide bonds. The molecule has 4 heterocycles.